The highest BCUT2D eigenvalue weighted by Gasteiger charge is 2.43. The summed E-state index contributed by atoms with van der Waals surface area (Å²) in [7, 11) is 0. The Morgan fingerprint density at radius 2 is 2.33 bits per heavy atom. The van der Waals surface area contributed by atoms with Crippen LogP contribution in [0, 0.1) is 5.92 Å². The number of nitrogens with zero attached hydrogens (tertiary/aromatic N) is 1. The van der Waals surface area contributed by atoms with Crippen molar-refractivity contribution in [3.8, 4) is 0 Å². The van der Waals surface area contributed by atoms with Gasteiger partial charge in [-0.15, -0.1) is 0 Å². The second-order valence-electron chi connectivity index (χ2n) is 4.18. The molecular weight excluding hydrogens is 152 g/mol. The van der Waals surface area contributed by atoms with Crippen LogP contribution in [-0.4, -0.2) is 41.8 Å². The van der Waals surface area contributed by atoms with Crippen molar-refractivity contribution in [1.82, 2.24) is 4.90 Å². The molecule has 12 heavy (non-hydrogen) atoms. The predicted octanol–water partition coefficient (Wildman–Crippen LogP) is -0.208. The van der Waals surface area contributed by atoms with Crippen LogP contribution < -0.4 is 5.73 Å². The fourth-order valence-corrected chi connectivity index (χ4v) is 2.61. The number of hydrogen-bond donors (Lipinski definition) is 2. The quantitative estimate of drug-likeness (QED) is 0.603. The molecule has 2 aliphatic rings. The minimum Gasteiger partial charge on any atom is -0.389 e. The largest absolute Gasteiger partial charge is 0.389 e. The third-order valence-corrected chi connectivity index (χ3v) is 3.47. The molecule has 3 atom stereocenters. The van der Waals surface area contributed by atoms with E-state index in [0.29, 0.717) is 12.5 Å². The monoisotopic (exact) mass is 170 g/mol. The highest BCUT2D eigenvalue weighted by atomic mass is 16.3. The van der Waals surface area contributed by atoms with Crippen LogP contribution in [0.2, 0.25) is 0 Å². The van der Waals surface area contributed by atoms with Gasteiger partial charge in [0.2, 0.25) is 0 Å². The Labute approximate surface area is 73.5 Å². The average Bonchev–Trinajstić information content (AvgIpc) is 2.45. The molecule has 2 heterocycles. The first-order valence-corrected chi connectivity index (χ1v) is 4.89. The smallest absolute Gasteiger partial charge is 0.0712 e. The molecule has 0 aromatic carbocycles. The molecule has 0 radical (unpaired) electrons. The molecule has 2 saturated heterocycles. The van der Waals surface area contributed by atoms with Gasteiger partial charge in [0.25, 0.3) is 0 Å². The molecule has 2 fully saturated rings. The molecule has 2 bridgehead atoms. The maximum atomic E-state index is 10.3. The summed E-state index contributed by atoms with van der Waals surface area (Å²) in [5, 5.41) is 10.3. The van der Waals surface area contributed by atoms with Crippen molar-refractivity contribution in [1.29, 1.82) is 0 Å². The molecule has 0 spiro atoms. The van der Waals surface area contributed by atoms with Gasteiger partial charge in [0.15, 0.2) is 0 Å². The molecule has 0 aromatic heterocycles. The lowest BCUT2D eigenvalue weighted by atomic mass is 9.80. The second kappa shape index (κ2) is 2.98. The SMILES string of the molecule is NCCC1(O)CCN2CCC1C2. The van der Waals surface area contributed by atoms with Gasteiger partial charge in [-0.1, -0.05) is 0 Å². The van der Waals surface area contributed by atoms with Crippen molar-refractivity contribution >= 4 is 0 Å². The minimum absolute atomic E-state index is 0.429. The lowest BCUT2D eigenvalue weighted by molar-refractivity contribution is -0.0489. The van der Waals surface area contributed by atoms with Gasteiger partial charge in [0.05, 0.1) is 5.60 Å². The summed E-state index contributed by atoms with van der Waals surface area (Å²) in [6, 6.07) is 0. The summed E-state index contributed by atoms with van der Waals surface area (Å²) in [6.45, 7) is 3.95. The van der Waals surface area contributed by atoms with Gasteiger partial charge in [-0.25, -0.2) is 0 Å². The Balaban J connectivity index is 2.05. The van der Waals surface area contributed by atoms with E-state index in [0.717, 1.165) is 32.4 Å². The molecule has 3 heteroatoms. The van der Waals surface area contributed by atoms with Crippen LogP contribution in [0.25, 0.3) is 0 Å². The fourth-order valence-electron chi connectivity index (χ4n) is 2.61. The summed E-state index contributed by atoms with van der Waals surface area (Å²) in [6.07, 6.45) is 2.87. The second-order valence-corrected chi connectivity index (χ2v) is 4.18. The number of hydrogen-bond acceptors (Lipinski definition) is 3. The Kier molecular flexibility index (Phi) is 2.10. The summed E-state index contributed by atoms with van der Waals surface area (Å²) in [5.74, 6) is 0.495. The van der Waals surface area contributed by atoms with Crippen LogP contribution in [0.1, 0.15) is 19.3 Å². The molecule has 3 N–H and O–H groups in total. The van der Waals surface area contributed by atoms with Crippen molar-refractivity contribution in [2.24, 2.45) is 11.7 Å². The van der Waals surface area contributed by atoms with E-state index in [9.17, 15) is 5.11 Å². The number of piperidine rings is 1. The van der Waals surface area contributed by atoms with E-state index >= 15 is 0 Å². The summed E-state index contributed by atoms with van der Waals surface area (Å²) in [4.78, 5) is 2.44. The Morgan fingerprint density at radius 3 is 3.08 bits per heavy atom. The standard InChI is InChI=1S/C9H18N2O/c10-4-2-9(12)3-6-11-5-1-8(9)7-11/h8,12H,1-7,10H2. The van der Waals surface area contributed by atoms with Crippen molar-refractivity contribution in [2.45, 2.75) is 24.9 Å². The molecule has 70 valence electrons. The van der Waals surface area contributed by atoms with Gasteiger partial charge in [-0.3, -0.25) is 0 Å². The highest BCUT2D eigenvalue weighted by molar-refractivity contribution is 4.97. The van der Waals surface area contributed by atoms with Crippen LogP contribution in [0.5, 0.6) is 0 Å². The highest BCUT2D eigenvalue weighted by Crippen LogP contribution is 2.37. The zero-order valence-electron chi connectivity index (χ0n) is 7.50. The summed E-state index contributed by atoms with van der Waals surface area (Å²) in [5.41, 5.74) is 5.07. The van der Waals surface area contributed by atoms with Crippen molar-refractivity contribution in [3.63, 3.8) is 0 Å². The van der Waals surface area contributed by atoms with E-state index in [1.165, 1.54) is 6.54 Å². The molecule has 0 saturated carbocycles. The topological polar surface area (TPSA) is 49.5 Å². The minimum atomic E-state index is -0.429. The van der Waals surface area contributed by atoms with E-state index in [1.807, 2.05) is 0 Å². The number of nitrogens with two attached hydrogens (primary N) is 1. The van der Waals surface area contributed by atoms with Gasteiger partial charge >= 0.3 is 0 Å². The van der Waals surface area contributed by atoms with E-state index in [1.54, 1.807) is 0 Å². The molecule has 0 aliphatic carbocycles. The number of aliphatic hydroxyl groups is 1. The van der Waals surface area contributed by atoms with E-state index in [-0.39, 0.29) is 0 Å². The van der Waals surface area contributed by atoms with Crippen LogP contribution >= 0.6 is 0 Å². The van der Waals surface area contributed by atoms with Gasteiger partial charge in [-0.05, 0) is 32.4 Å². The number of fused-ring (bicyclic) bond motifs is 2. The van der Waals surface area contributed by atoms with Gasteiger partial charge in [-0.2, -0.15) is 0 Å². The Bertz CT molecular complexity index is 174. The molecule has 3 nitrogen and oxygen atoms in total. The Morgan fingerprint density at radius 1 is 1.50 bits per heavy atom. The van der Waals surface area contributed by atoms with E-state index < -0.39 is 5.60 Å². The fraction of sp³-hybridized carbons (Fsp3) is 1.00. The third kappa shape index (κ3) is 1.26. The van der Waals surface area contributed by atoms with Gasteiger partial charge < -0.3 is 15.7 Å². The average molecular weight is 170 g/mol. The summed E-state index contributed by atoms with van der Waals surface area (Å²) >= 11 is 0. The maximum Gasteiger partial charge on any atom is 0.0712 e. The first-order chi connectivity index (χ1) is 5.74. The van der Waals surface area contributed by atoms with E-state index in [2.05, 4.69) is 4.90 Å². The third-order valence-electron chi connectivity index (χ3n) is 3.47. The Hall–Kier alpha value is -0.120. The van der Waals surface area contributed by atoms with Crippen LogP contribution in [0.15, 0.2) is 0 Å². The van der Waals surface area contributed by atoms with Crippen molar-refractivity contribution in [3.05, 3.63) is 0 Å². The van der Waals surface area contributed by atoms with Crippen LogP contribution in [0.4, 0.5) is 0 Å². The first kappa shape index (κ1) is 8.48. The van der Waals surface area contributed by atoms with E-state index in [4.69, 9.17) is 5.73 Å². The lowest BCUT2D eigenvalue weighted by Crippen LogP contribution is -2.47. The molecule has 2 aliphatic heterocycles. The number of rotatable bonds is 2. The molecule has 3 unspecified atom stereocenters. The van der Waals surface area contributed by atoms with Crippen molar-refractivity contribution < 1.29 is 5.11 Å². The normalized spacial score (nSPS) is 46.5. The zero-order chi connectivity index (χ0) is 8.60. The molecule has 2 rings (SSSR count). The van der Waals surface area contributed by atoms with Crippen LogP contribution in [-0.2, 0) is 0 Å². The predicted molar refractivity (Wildman–Crippen MR) is 47.8 cm³/mol. The maximum absolute atomic E-state index is 10.3. The zero-order valence-corrected chi connectivity index (χ0v) is 7.50. The lowest BCUT2D eigenvalue weighted by Gasteiger charge is -2.38. The summed E-state index contributed by atoms with van der Waals surface area (Å²) < 4.78 is 0. The first-order valence-electron chi connectivity index (χ1n) is 4.89. The molecular formula is C9H18N2O. The van der Waals surface area contributed by atoms with Crippen LogP contribution in [0.3, 0.4) is 0 Å². The van der Waals surface area contributed by atoms with Gasteiger partial charge in [0, 0.05) is 19.0 Å². The molecule has 0 amide bonds. The molecule has 0 aromatic rings. The van der Waals surface area contributed by atoms with Gasteiger partial charge in [0.1, 0.15) is 0 Å². The van der Waals surface area contributed by atoms with Crippen molar-refractivity contribution in [2.75, 3.05) is 26.2 Å².